The first-order valence-electron chi connectivity index (χ1n) is 6.13. The molecule has 3 N–H and O–H groups in total. The van der Waals surface area contributed by atoms with E-state index in [-0.39, 0.29) is 12.2 Å². The Balaban J connectivity index is 2.49. The molecule has 0 aliphatic rings. The smallest absolute Gasteiger partial charge is 0.264 e. The molecule has 2 rings (SSSR count). The van der Waals surface area contributed by atoms with E-state index in [1.165, 1.54) is 25.3 Å². The van der Waals surface area contributed by atoms with Gasteiger partial charge in [-0.1, -0.05) is 24.3 Å². The molecule has 0 radical (unpaired) electrons. The van der Waals surface area contributed by atoms with E-state index < -0.39 is 20.7 Å². The molecule has 0 unspecified atom stereocenters. The highest BCUT2D eigenvalue weighted by Crippen LogP contribution is 2.30. The maximum Gasteiger partial charge on any atom is 0.264 e. The van der Waals surface area contributed by atoms with Crippen molar-refractivity contribution in [1.82, 2.24) is 0 Å². The summed E-state index contributed by atoms with van der Waals surface area (Å²) in [6, 6.07) is 10.1. The van der Waals surface area contributed by atoms with Crippen LogP contribution in [0.25, 0.3) is 0 Å². The number of benzene rings is 2. The van der Waals surface area contributed by atoms with Crippen LogP contribution in [-0.2, 0) is 16.6 Å². The summed E-state index contributed by atoms with van der Waals surface area (Å²) in [7, 11) is -2.66. The Morgan fingerprint density at radius 3 is 2.52 bits per heavy atom. The summed E-state index contributed by atoms with van der Waals surface area (Å²) in [6.07, 6.45) is 0. The fourth-order valence-corrected chi connectivity index (χ4v) is 3.08. The molecule has 0 spiro atoms. The summed E-state index contributed by atoms with van der Waals surface area (Å²) in [5.41, 5.74) is 6.36. The second-order valence-corrected chi connectivity index (χ2v) is 5.89. The topological polar surface area (TPSA) is 81.4 Å². The van der Waals surface area contributed by atoms with E-state index in [0.717, 1.165) is 6.07 Å². The van der Waals surface area contributed by atoms with Crippen LogP contribution < -0.4 is 15.2 Å². The summed E-state index contributed by atoms with van der Waals surface area (Å²) < 4.78 is 45.8. The van der Waals surface area contributed by atoms with Crippen LogP contribution in [0.15, 0.2) is 47.4 Å². The highest BCUT2D eigenvalue weighted by molar-refractivity contribution is 7.92. The molecular formula is C14H15FN2O3S. The first-order valence-corrected chi connectivity index (χ1v) is 7.61. The highest BCUT2D eigenvalue weighted by Gasteiger charge is 2.21. The number of hydrogen-bond acceptors (Lipinski definition) is 4. The van der Waals surface area contributed by atoms with Crippen molar-refractivity contribution in [3.8, 4) is 5.75 Å². The molecule has 0 heterocycles. The minimum atomic E-state index is -4.07. The predicted molar refractivity (Wildman–Crippen MR) is 78.1 cm³/mol. The zero-order valence-corrected chi connectivity index (χ0v) is 12.2. The average molecular weight is 310 g/mol. The van der Waals surface area contributed by atoms with Gasteiger partial charge in [0.25, 0.3) is 10.0 Å². The minimum absolute atomic E-state index is 0.117. The van der Waals surface area contributed by atoms with Gasteiger partial charge in [0.2, 0.25) is 0 Å². The van der Waals surface area contributed by atoms with Crippen LogP contribution >= 0.6 is 0 Å². The van der Waals surface area contributed by atoms with Gasteiger partial charge in [0.1, 0.15) is 16.5 Å². The molecule has 0 bridgehead atoms. The second-order valence-electron chi connectivity index (χ2n) is 4.23. The molecule has 0 aromatic heterocycles. The number of anilines is 1. The number of methoxy groups -OCH3 is 1. The van der Waals surface area contributed by atoms with Gasteiger partial charge in [0.05, 0.1) is 12.8 Å². The van der Waals surface area contributed by atoms with Crippen LogP contribution in [0.4, 0.5) is 10.1 Å². The molecule has 2 aromatic carbocycles. The Bertz CT molecular complexity index is 725. The molecule has 0 aliphatic heterocycles. The van der Waals surface area contributed by atoms with E-state index in [0.29, 0.717) is 11.3 Å². The largest absolute Gasteiger partial charge is 0.495 e. The Morgan fingerprint density at radius 1 is 1.19 bits per heavy atom. The third-order valence-corrected chi connectivity index (χ3v) is 4.30. The molecule has 0 aliphatic carbocycles. The average Bonchev–Trinajstić information content (AvgIpc) is 2.47. The number of nitrogens with two attached hydrogens (primary N) is 1. The number of para-hydroxylation sites is 1. The molecule has 0 amide bonds. The van der Waals surface area contributed by atoms with E-state index in [1.54, 1.807) is 18.2 Å². The van der Waals surface area contributed by atoms with Crippen LogP contribution in [0.2, 0.25) is 0 Å². The number of rotatable bonds is 5. The number of ether oxygens (including phenoxy) is 1. The maximum atomic E-state index is 13.7. The SMILES string of the molecule is COc1cccc(CN)c1NS(=O)(=O)c1ccccc1F. The molecule has 0 saturated carbocycles. The third kappa shape index (κ3) is 3.14. The fourth-order valence-electron chi connectivity index (χ4n) is 1.88. The Hall–Kier alpha value is -2.12. The number of sulfonamides is 1. The lowest BCUT2D eigenvalue weighted by Crippen LogP contribution is -2.17. The van der Waals surface area contributed by atoms with Crippen molar-refractivity contribution in [3.63, 3.8) is 0 Å². The van der Waals surface area contributed by atoms with Gasteiger partial charge in [-0.15, -0.1) is 0 Å². The van der Waals surface area contributed by atoms with E-state index in [9.17, 15) is 12.8 Å². The molecule has 0 saturated heterocycles. The number of nitrogens with one attached hydrogen (secondary N) is 1. The van der Waals surface area contributed by atoms with Crippen LogP contribution in [0.5, 0.6) is 5.75 Å². The molecule has 2 aromatic rings. The monoisotopic (exact) mass is 310 g/mol. The van der Waals surface area contributed by atoms with Crippen molar-refractivity contribution in [1.29, 1.82) is 0 Å². The normalized spacial score (nSPS) is 11.2. The summed E-state index contributed by atoms with van der Waals surface area (Å²) in [5.74, 6) is -0.507. The lowest BCUT2D eigenvalue weighted by Gasteiger charge is -2.15. The molecule has 21 heavy (non-hydrogen) atoms. The molecular weight excluding hydrogens is 295 g/mol. The molecule has 5 nitrogen and oxygen atoms in total. The summed E-state index contributed by atoms with van der Waals surface area (Å²) >= 11 is 0. The van der Waals surface area contributed by atoms with E-state index in [2.05, 4.69) is 4.72 Å². The van der Waals surface area contributed by atoms with Crippen molar-refractivity contribution in [3.05, 3.63) is 53.8 Å². The van der Waals surface area contributed by atoms with E-state index in [4.69, 9.17) is 10.5 Å². The van der Waals surface area contributed by atoms with Crippen LogP contribution in [0, 0.1) is 5.82 Å². The van der Waals surface area contributed by atoms with Crippen LogP contribution in [0.3, 0.4) is 0 Å². The van der Waals surface area contributed by atoms with Gasteiger partial charge in [-0.25, -0.2) is 12.8 Å². The lowest BCUT2D eigenvalue weighted by atomic mass is 10.1. The number of hydrogen-bond donors (Lipinski definition) is 2. The van der Waals surface area contributed by atoms with Gasteiger partial charge in [0, 0.05) is 6.54 Å². The Morgan fingerprint density at radius 2 is 1.90 bits per heavy atom. The van der Waals surface area contributed by atoms with Gasteiger partial charge in [0.15, 0.2) is 0 Å². The van der Waals surface area contributed by atoms with Crippen molar-refractivity contribution >= 4 is 15.7 Å². The van der Waals surface area contributed by atoms with Crippen molar-refractivity contribution in [2.24, 2.45) is 5.73 Å². The maximum absolute atomic E-state index is 13.7. The van der Waals surface area contributed by atoms with E-state index in [1.807, 2.05) is 0 Å². The van der Waals surface area contributed by atoms with Crippen LogP contribution in [0.1, 0.15) is 5.56 Å². The summed E-state index contributed by atoms with van der Waals surface area (Å²) in [4.78, 5) is -0.432. The minimum Gasteiger partial charge on any atom is -0.495 e. The lowest BCUT2D eigenvalue weighted by molar-refractivity contribution is 0.416. The zero-order valence-electron chi connectivity index (χ0n) is 11.3. The molecule has 112 valence electrons. The van der Waals surface area contributed by atoms with Gasteiger partial charge >= 0.3 is 0 Å². The van der Waals surface area contributed by atoms with Gasteiger partial charge in [-0.05, 0) is 23.8 Å². The first-order chi connectivity index (χ1) is 9.99. The van der Waals surface area contributed by atoms with Gasteiger partial charge < -0.3 is 10.5 Å². The van der Waals surface area contributed by atoms with Crippen molar-refractivity contribution < 1.29 is 17.5 Å². The molecule has 0 atom stereocenters. The predicted octanol–water partition coefficient (Wildman–Crippen LogP) is 2.09. The van der Waals surface area contributed by atoms with Crippen LogP contribution in [-0.4, -0.2) is 15.5 Å². The first kappa shape index (κ1) is 15.3. The Kier molecular flexibility index (Phi) is 4.44. The fraction of sp³-hybridized carbons (Fsp3) is 0.143. The van der Waals surface area contributed by atoms with Gasteiger partial charge in [-0.2, -0.15) is 0 Å². The standard InChI is InChI=1S/C14H15FN2O3S/c1-20-12-7-4-5-10(9-16)14(12)17-21(18,19)13-8-3-2-6-11(13)15/h2-8,17H,9,16H2,1H3. The highest BCUT2D eigenvalue weighted by atomic mass is 32.2. The quantitative estimate of drug-likeness (QED) is 0.886. The van der Waals surface area contributed by atoms with E-state index >= 15 is 0 Å². The zero-order chi connectivity index (χ0) is 15.5. The molecule has 0 fully saturated rings. The van der Waals surface area contributed by atoms with Gasteiger partial charge in [-0.3, -0.25) is 4.72 Å². The summed E-state index contributed by atoms with van der Waals surface area (Å²) in [5, 5.41) is 0. The third-order valence-electron chi connectivity index (χ3n) is 2.91. The van der Waals surface area contributed by atoms with Crippen molar-refractivity contribution in [2.75, 3.05) is 11.8 Å². The Labute approximate surface area is 122 Å². The number of halogens is 1. The second kappa shape index (κ2) is 6.11. The molecule has 7 heteroatoms. The summed E-state index contributed by atoms with van der Waals surface area (Å²) in [6.45, 7) is 0.117. The van der Waals surface area contributed by atoms with Crippen molar-refractivity contribution in [2.45, 2.75) is 11.4 Å².